The van der Waals surface area contributed by atoms with Gasteiger partial charge in [-0.2, -0.15) is 5.26 Å². The summed E-state index contributed by atoms with van der Waals surface area (Å²) in [6.07, 6.45) is 4.92. The van der Waals surface area contributed by atoms with Crippen molar-refractivity contribution in [2.24, 2.45) is 0 Å². The topological polar surface area (TPSA) is 86.4 Å². The number of likely N-dealkylation sites (N-methyl/N-ethyl adjacent to an activating group) is 1. The maximum atomic E-state index is 9.78. The monoisotopic (exact) mass is 367 g/mol. The molecule has 2 aliphatic rings. The van der Waals surface area contributed by atoms with Crippen LogP contribution in [0.1, 0.15) is 35.3 Å². The minimum Gasteiger partial charge on any atom is -0.467 e. The number of ether oxygens (including phenoxy) is 1. The van der Waals surface area contributed by atoms with Gasteiger partial charge in [-0.05, 0) is 44.0 Å². The molecule has 4 heterocycles. The number of fused-ring (bicyclic) bond motifs is 1. The number of hydrogen-bond acceptors (Lipinski definition) is 7. The quantitative estimate of drug-likeness (QED) is 0.812. The van der Waals surface area contributed by atoms with E-state index in [2.05, 4.69) is 28.7 Å². The van der Waals surface area contributed by atoms with E-state index in [9.17, 15) is 5.26 Å². The molecular formula is C20H25N5O2. The van der Waals surface area contributed by atoms with Crippen molar-refractivity contribution in [2.75, 3.05) is 37.4 Å². The van der Waals surface area contributed by atoms with E-state index in [1.807, 2.05) is 12.1 Å². The third-order valence-electron chi connectivity index (χ3n) is 5.23. The third kappa shape index (κ3) is 3.92. The summed E-state index contributed by atoms with van der Waals surface area (Å²) in [7, 11) is 2.10. The third-order valence-corrected chi connectivity index (χ3v) is 5.23. The molecule has 2 aromatic rings. The first-order valence-corrected chi connectivity index (χ1v) is 9.50. The van der Waals surface area contributed by atoms with Crippen LogP contribution in [-0.4, -0.2) is 42.7 Å². The summed E-state index contributed by atoms with van der Waals surface area (Å²) >= 11 is 0. The van der Waals surface area contributed by atoms with Crippen molar-refractivity contribution in [3.05, 3.63) is 40.8 Å². The molecule has 142 valence electrons. The van der Waals surface area contributed by atoms with Crippen LogP contribution >= 0.6 is 0 Å². The van der Waals surface area contributed by atoms with Crippen LogP contribution < -0.4 is 10.6 Å². The number of furan rings is 1. The zero-order valence-corrected chi connectivity index (χ0v) is 15.6. The summed E-state index contributed by atoms with van der Waals surface area (Å²) in [5.74, 6) is 2.28. The van der Waals surface area contributed by atoms with E-state index in [0.29, 0.717) is 17.9 Å². The normalized spacial score (nSPS) is 19.5. The second kappa shape index (κ2) is 7.99. The molecule has 1 saturated heterocycles. The Balaban J connectivity index is 1.62. The molecule has 27 heavy (non-hydrogen) atoms. The maximum Gasteiger partial charge on any atom is 0.147 e. The molecule has 7 nitrogen and oxygen atoms in total. The van der Waals surface area contributed by atoms with Crippen LogP contribution in [0.5, 0.6) is 0 Å². The molecular weight excluding hydrogens is 342 g/mol. The zero-order chi connectivity index (χ0) is 18.6. The molecule has 0 saturated carbocycles. The van der Waals surface area contributed by atoms with Crippen molar-refractivity contribution >= 4 is 11.6 Å². The molecule has 2 aliphatic heterocycles. The summed E-state index contributed by atoms with van der Waals surface area (Å²) in [4.78, 5) is 7.05. The molecule has 1 unspecified atom stereocenters. The Morgan fingerprint density at radius 1 is 1.33 bits per heavy atom. The molecule has 4 rings (SSSR count). The standard InChI is InChI=1S/C20H25N5O2/c1-25-7-6-16-17(10-21)19(22-11-14-4-2-8-26-14)24-20(18(16)13-25)23-12-15-5-3-9-27-15/h2,4,8,15H,3,5-7,9,11-13H2,1H3,(H2,22,23,24). The molecule has 1 atom stereocenters. The number of pyridine rings is 1. The molecule has 2 aromatic heterocycles. The average Bonchev–Trinajstić information content (AvgIpc) is 3.38. The van der Waals surface area contributed by atoms with Crippen LogP contribution in [0.25, 0.3) is 0 Å². The lowest BCUT2D eigenvalue weighted by molar-refractivity contribution is 0.120. The highest BCUT2D eigenvalue weighted by Crippen LogP contribution is 2.32. The molecule has 1 fully saturated rings. The number of nitrogens with zero attached hydrogens (tertiary/aromatic N) is 3. The Morgan fingerprint density at radius 3 is 3.00 bits per heavy atom. The van der Waals surface area contributed by atoms with E-state index in [1.54, 1.807) is 6.26 Å². The molecule has 2 N–H and O–H groups in total. The number of hydrogen-bond donors (Lipinski definition) is 2. The van der Waals surface area contributed by atoms with Crippen LogP contribution in [-0.2, 0) is 24.2 Å². The first-order valence-electron chi connectivity index (χ1n) is 9.50. The zero-order valence-electron chi connectivity index (χ0n) is 15.6. The number of rotatable bonds is 6. The van der Waals surface area contributed by atoms with Gasteiger partial charge in [0.05, 0.1) is 24.5 Å². The van der Waals surface area contributed by atoms with Gasteiger partial charge in [-0.3, -0.25) is 0 Å². The molecule has 0 aliphatic carbocycles. The minimum atomic E-state index is 0.235. The summed E-state index contributed by atoms with van der Waals surface area (Å²) in [5.41, 5.74) is 2.87. The van der Waals surface area contributed by atoms with E-state index < -0.39 is 0 Å². The lowest BCUT2D eigenvalue weighted by atomic mass is 9.96. The van der Waals surface area contributed by atoms with Gasteiger partial charge in [-0.1, -0.05) is 0 Å². The van der Waals surface area contributed by atoms with Gasteiger partial charge in [0.25, 0.3) is 0 Å². The van der Waals surface area contributed by atoms with Crippen LogP contribution in [0.2, 0.25) is 0 Å². The summed E-state index contributed by atoms with van der Waals surface area (Å²) < 4.78 is 11.1. The lowest BCUT2D eigenvalue weighted by Crippen LogP contribution is -2.30. The average molecular weight is 367 g/mol. The van der Waals surface area contributed by atoms with Crippen LogP contribution in [0.3, 0.4) is 0 Å². The van der Waals surface area contributed by atoms with Crippen molar-refractivity contribution in [3.8, 4) is 6.07 Å². The van der Waals surface area contributed by atoms with Gasteiger partial charge in [0.15, 0.2) is 0 Å². The van der Waals surface area contributed by atoms with Gasteiger partial charge >= 0.3 is 0 Å². The van der Waals surface area contributed by atoms with Crippen molar-refractivity contribution < 1.29 is 9.15 Å². The van der Waals surface area contributed by atoms with Crippen LogP contribution in [0.4, 0.5) is 11.6 Å². The van der Waals surface area contributed by atoms with Gasteiger partial charge in [0.2, 0.25) is 0 Å². The maximum absolute atomic E-state index is 9.78. The first-order chi connectivity index (χ1) is 13.2. The predicted molar refractivity (Wildman–Crippen MR) is 102 cm³/mol. The van der Waals surface area contributed by atoms with Gasteiger partial charge < -0.3 is 24.7 Å². The van der Waals surface area contributed by atoms with Crippen LogP contribution in [0, 0.1) is 11.3 Å². The highest BCUT2D eigenvalue weighted by Gasteiger charge is 2.25. The Labute approximate surface area is 159 Å². The Morgan fingerprint density at radius 2 is 2.26 bits per heavy atom. The predicted octanol–water partition coefficient (Wildman–Crippen LogP) is 2.74. The summed E-state index contributed by atoms with van der Waals surface area (Å²) in [5, 5.41) is 16.6. The second-order valence-electron chi connectivity index (χ2n) is 7.19. The fourth-order valence-corrected chi connectivity index (χ4v) is 3.76. The van der Waals surface area contributed by atoms with Crippen LogP contribution in [0.15, 0.2) is 22.8 Å². The summed E-state index contributed by atoms with van der Waals surface area (Å²) in [6, 6.07) is 6.13. The van der Waals surface area contributed by atoms with Gasteiger partial charge in [0.1, 0.15) is 23.5 Å². The lowest BCUT2D eigenvalue weighted by Gasteiger charge is -2.29. The Kier molecular flexibility index (Phi) is 5.28. The number of anilines is 2. The van der Waals surface area contributed by atoms with Crippen molar-refractivity contribution in [2.45, 2.75) is 38.5 Å². The largest absolute Gasteiger partial charge is 0.467 e. The van der Waals surface area contributed by atoms with E-state index in [0.717, 1.165) is 68.2 Å². The molecule has 0 bridgehead atoms. The fourth-order valence-electron chi connectivity index (χ4n) is 3.76. The van der Waals surface area contributed by atoms with E-state index >= 15 is 0 Å². The van der Waals surface area contributed by atoms with Gasteiger partial charge in [-0.25, -0.2) is 4.98 Å². The van der Waals surface area contributed by atoms with Gasteiger partial charge in [0, 0.05) is 31.8 Å². The van der Waals surface area contributed by atoms with Gasteiger partial charge in [-0.15, -0.1) is 0 Å². The van der Waals surface area contributed by atoms with Crippen molar-refractivity contribution in [1.82, 2.24) is 9.88 Å². The second-order valence-corrected chi connectivity index (χ2v) is 7.19. The molecule has 0 aromatic carbocycles. The number of aromatic nitrogens is 1. The van der Waals surface area contributed by atoms with E-state index in [-0.39, 0.29) is 6.10 Å². The van der Waals surface area contributed by atoms with E-state index in [1.165, 1.54) is 0 Å². The number of nitriles is 1. The molecule has 0 spiro atoms. The smallest absolute Gasteiger partial charge is 0.147 e. The SMILES string of the molecule is CN1CCc2c(C#N)c(NCc3ccco3)nc(NCC3CCCO3)c2C1. The van der Waals surface area contributed by atoms with Crippen molar-refractivity contribution in [1.29, 1.82) is 5.26 Å². The Bertz CT molecular complexity index is 822. The summed E-state index contributed by atoms with van der Waals surface area (Å²) in [6.45, 7) is 3.81. The minimum absolute atomic E-state index is 0.235. The van der Waals surface area contributed by atoms with Crippen molar-refractivity contribution in [3.63, 3.8) is 0 Å². The van der Waals surface area contributed by atoms with E-state index in [4.69, 9.17) is 14.1 Å². The molecule has 0 radical (unpaired) electrons. The number of nitrogens with one attached hydrogen (secondary N) is 2. The first kappa shape index (κ1) is 17.8. The fraction of sp³-hybridized carbons (Fsp3) is 0.500. The highest BCUT2D eigenvalue weighted by molar-refractivity contribution is 5.66. The Hall–Kier alpha value is -2.56. The molecule has 0 amide bonds. The molecule has 7 heteroatoms. The highest BCUT2D eigenvalue weighted by atomic mass is 16.5.